The number of nitrogens with zero attached hydrogens (tertiary/aromatic N) is 1. The van der Waals surface area contributed by atoms with Gasteiger partial charge in [-0.3, -0.25) is 0 Å². The molecule has 0 spiro atoms. The highest BCUT2D eigenvalue weighted by atomic mass is 32.2. The van der Waals surface area contributed by atoms with Crippen molar-refractivity contribution in [2.75, 3.05) is 11.5 Å². The van der Waals surface area contributed by atoms with Crippen LogP contribution in [0.15, 0.2) is 5.16 Å². The van der Waals surface area contributed by atoms with Crippen LogP contribution in [0.25, 0.3) is 0 Å². The summed E-state index contributed by atoms with van der Waals surface area (Å²) in [5, 5.41) is 11.8. The summed E-state index contributed by atoms with van der Waals surface area (Å²) < 4.78 is 0.245. The van der Waals surface area contributed by atoms with Crippen LogP contribution >= 0.6 is 23.5 Å². The second kappa shape index (κ2) is 4.42. The molecule has 1 aliphatic heterocycles. The van der Waals surface area contributed by atoms with Crippen molar-refractivity contribution in [3.8, 4) is 0 Å². The van der Waals surface area contributed by atoms with Crippen LogP contribution < -0.4 is 0 Å². The Kier molecular flexibility index (Phi) is 3.77. The molecule has 0 aliphatic carbocycles. The second-order valence-corrected chi connectivity index (χ2v) is 6.65. The Bertz CT molecular complexity index is 176. The Morgan fingerprint density at radius 1 is 1.50 bits per heavy atom. The summed E-state index contributed by atoms with van der Waals surface area (Å²) in [4.78, 5) is 0. The Hall–Kier alpha value is 0.170. The first kappa shape index (κ1) is 10.3. The molecule has 1 rings (SSSR count). The number of hydrogen-bond donors (Lipinski definition) is 1. The van der Waals surface area contributed by atoms with Crippen LogP contribution in [0.1, 0.15) is 26.7 Å². The lowest BCUT2D eigenvalue weighted by atomic mass is 10.2. The maximum atomic E-state index is 8.55. The first-order chi connectivity index (χ1) is 5.66. The maximum Gasteiger partial charge on any atom is 0.0636 e. The number of oxime groups is 1. The van der Waals surface area contributed by atoms with E-state index >= 15 is 0 Å². The first-order valence-corrected chi connectivity index (χ1v) is 6.09. The summed E-state index contributed by atoms with van der Waals surface area (Å²) in [7, 11) is 0. The highest BCUT2D eigenvalue weighted by Gasteiger charge is 2.28. The highest BCUT2D eigenvalue weighted by Crippen LogP contribution is 2.44. The van der Waals surface area contributed by atoms with Gasteiger partial charge in [0.05, 0.1) is 9.79 Å². The number of hydrogen-bond acceptors (Lipinski definition) is 4. The highest BCUT2D eigenvalue weighted by molar-refractivity contribution is 8.18. The van der Waals surface area contributed by atoms with E-state index in [4.69, 9.17) is 5.21 Å². The summed E-state index contributed by atoms with van der Waals surface area (Å²) in [5.41, 5.74) is 0.833. The Morgan fingerprint density at radius 2 is 2.08 bits per heavy atom. The summed E-state index contributed by atoms with van der Waals surface area (Å²) in [6.07, 6.45) is 2.19. The molecule has 0 aromatic rings. The Morgan fingerprint density at radius 3 is 2.58 bits per heavy atom. The van der Waals surface area contributed by atoms with Crippen molar-refractivity contribution in [1.82, 2.24) is 0 Å². The minimum absolute atomic E-state index is 0.245. The molecule has 1 fully saturated rings. The molecule has 1 N–H and O–H groups in total. The average molecular weight is 205 g/mol. The van der Waals surface area contributed by atoms with E-state index in [0.29, 0.717) is 0 Å². The molecule has 0 aromatic carbocycles. The van der Waals surface area contributed by atoms with Gasteiger partial charge in [-0.15, -0.1) is 23.5 Å². The minimum Gasteiger partial charge on any atom is -0.411 e. The van der Waals surface area contributed by atoms with Gasteiger partial charge < -0.3 is 5.21 Å². The Labute approximate surface area is 82.2 Å². The van der Waals surface area contributed by atoms with Gasteiger partial charge in [0.25, 0.3) is 0 Å². The molecule has 1 aliphatic rings. The molecule has 0 bridgehead atoms. The van der Waals surface area contributed by atoms with E-state index in [-0.39, 0.29) is 4.08 Å². The van der Waals surface area contributed by atoms with E-state index in [1.54, 1.807) is 0 Å². The first-order valence-electron chi connectivity index (χ1n) is 4.12. The van der Waals surface area contributed by atoms with Crippen LogP contribution in [0, 0.1) is 0 Å². The van der Waals surface area contributed by atoms with Gasteiger partial charge >= 0.3 is 0 Å². The molecule has 0 radical (unpaired) electrons. The molecule has 0 aromatic heterocycles. The average Bonchev–Trinajstić information content (AvgIpc) is 2.05. The zero-order valence-corrected chi connectivity index (χ0v) is 9.17. The van der Waals surface area contributed by atoms with Crippen molar-refractivity contribution >= 4 is 29.2 Å². The van der Waals surface area contributed by atoms with Crippen LogP contribution in [0.3, 0.4) is 0 Å². The maximum absolute atomic E-state index is 8.55. The third-order valence-electron chi connectivity index (χ3n) is 1.85. The molecule has 12 heavy (non-hydrogen) atoms. The fraction of sp³-hybridized carbons (Fsp3) is 0.875. The van der Waals surface area contributed by atoms with Gasteiger partial charge in [0, 0.05) is 6.42 Å². The minimum atomic E-state index is 0.245. The van der Waals surface area contributed by atoms with Gasteiger partial charge in [-0.2, -0.15) is 0 Å². The Balaban J connectivity index is 2.46. The molecule has 0 amide bonds. The normalized spacial score (nSPS) is 24.0. The molecule has 1 heterocycles. The molecule has 0 saturated carbocycles. The molecule has 0 atom stereocenters. The van der Waals surface area contributed by atoms with Crippen molar-refractivity contribution in [3.63, 3.8) is 0 Å². The summed E-state index contributed by atoms with van der Waals surface area (Å²) in [5.74, 6) is 2.48. The standard InChI is InChI=1S/C8H15NOS2/c1-7(9-10)6-8(2)11-4-3-5-12-8/h10H,3-6H2,1-2H3/b9-7+. The lowest BCUT2D eigenvalue weighted by Crippen LogP contribution is -2.23. The summed E-state index contributed by atoms with van der Waals surface area (Å²) >= 11 is 3.96. The van der Waals surface area contributed by atoms with Crippen molar-refractivity contribution < 1.29 is 5.21 Å². The van der Waals surface area contributed by atoms with Gasteiger partial charge in [-0.25, -0.2) is 0 Å². The van der Waals surface area contributed by atoms with Crippen LogP contribution in [0.5, 0.6) is 0 Å². The van der Waals surface area contributed by atoms with Crippen molar-refractivity contribution in [1.29, 1.82) is 0 Å². The van der Waals surface area contributed by atoms with Gasteiger partial charge in [-0.1, -0.05) is 5.16 Å². The molecular weight excluding hydrogens is 190 g/mol. The number of thioether (sulfide) groups is 2. The van der Waals surface area contributed by atoms with Crippen LogP contribution in [0.4, 0.5) is 0 Å². The third-order valence-corrected chi connectivity index (χ3v) is 5.05. The van der Waals surface area contributed by atoms with E-state index in [0.717, 1.165) is 12.1 Å². The van der Waals surface area contributed by atoms with Crippen LogP contribution in [-0.4, -0.2) is 26.5 Å². The lowest BCUT2D eigenvalue weighted by Gasteiger charge is -2.31. The third kappa shape index (κ3) is 2.90. The quantitative estimate of drug-likeness (QED) is 0.427. The van der Waals surface area contributed by atoms with Gasteiger partial charge in [0.1, 0.15) is 0 Å². The van der Waals surface area contributed by atoms with E-state index < -0.39 is 0 Å². The lowest BCUT2D eigenvalue weighted by molar-refractivity contribution is 0.317. The number of rotatable bonds is 2. The zero-order chi connectivity index (χ0) is 9.03. The SMILES string of the molecule is C/C(CC1(C)SCCCS1)=N\O. The predicted octanol–water partition coefficient (Wildman–Crippen LogP) is 2.81. The van der Waals surface area contributed by atoms with Crippen molar-refractivity contribution in [2.24, 2.45) is 5.16 Å². The molecule has 1 saturated heterocycles. The fourth-order valence-electron chi connectivity index (χ4n) is 1.28. The van der Waals surface area contributed by atoms with Gasteiger partial charge in [0.15, 0.2) is 0 Å². The van der Waals surface area contributed by atoms with E-state index in [9.17, 15) is 0 Å². The molecule has 0 unspecified atom stereocenters. The second-order valence-electron chi connectivity index (χ2n) is 3.20. The fourth-order valence-corrected chi connectivity index (χ4v) is 4.36. The summed E-state index contributed by atoms with van der Waals surface area (Å²) in [6.45, 7) is 4.11. The van der Waals surface area contributed by atoms with E-state index in [2.05, 4.69) is 12.1 Å². The van der Waals surface area contributed by atoms with Crippen molar-refractivity contribution in [3.05, 3.63) is 0 Å². The van der Waals surface area contributed by atoms with Gasteiger partial charge in [0.2, 0.25) is 0 Å². The topological polar surface area (TPSA) is 32.6 Å². The van der Waals surface area contributed by atoms with Crippen molar-refractivity contribution in [2.45, 2.75) is 30.8 Å². The summed E-state index contributed by atoms with van der Waals surface area (Å²) in [6, 6.07) is 0. The van der Waals surface area contributed by atoms with E-state index in [1.165, 1.54) is 17.9 Å². The predicted molar refractivity (Wildman–Crippen MR) is 57.5 cm³/mol. The largest absolute Gasteiger partial charge is 0.411 e. The van der Waals surface area contributed by atoms with Crippen LogP contribution in [-0.2, 0) is 0 Å². The zero-order valence-electron chi connectivity index (χ0n) is 7.54. The van der Waals surface area contributed by atoms with Gasteiger partial charge in [-0.05, 0) is 31.8 Å². The van der Waals surface area contributed by atoms with Crippen LogP contribution in [0.2, 0.25) is 0 Å². The molecule has 70 valence electrons. The molecular formula is C8H15NOS2. The smallest absolute Gasteiger partial charge is 0.0636 e. The van der Waals surface area contributed by atoms with E-state index in [1.807, 2.05) is 30.4 Å². The molecule has 2 nitrogen and oxygen atoms in total. The molecule has 4 heteroatoms. The monoisotopic (exact) mass is 205 g/mol.